The molecule has 2 unspecified atom stereocenters. The van der Waals surface area contributed by atoms with E-state index in [1.807, 2.05) is 6.92 Å². The molecule has 3 heterocycles. The molecule has 1 fully saturated rings. The zero-order valence-corrected chi connectivity index (χ0v) is 17.5. The molecule has 1 saturated heterocycles. The third-order valence-corrected chi connectivity index (χ3v) is 6.11. The number of methoxy groups -OCH3 is 1. The number of hydrogen-bond acceptors (Lipinski definition) is 10. The van der Waals surface area contributed by atoms with Crippen LogP contribution in [0.5, 0.6) is 0 Å². The van der Waals surface area contributed by atoms with Crippen molar-refractivity contribution in [3.05, 3.63) is 12.7 Å². The number of anilines is 1. The number of rotatable bonds is 9. The average molecular weight is 433 g/mol. The summed E-state index contributed by atoms with van der Waals surface area (Å²) >= 11 is 5.03. The van der Waals surface area contributed by atoms with Gasteiger partial charge < -0.3 is 29.4 Å². The van der Waals surface area contributed by atoms with Crippen LogP contribution in [0.1, 0.15) is 19.6 Å². The number of nitrogen functional groups attached to an aromatic ring is 1. The smallest absolute Gasteiger partial charge is 0.324 e. The highest BCUT2D eigenvalue weighted by molar-refractivity contribution is 8.07. The van der Waals surface area contributed by atoms with Gasteiger partial charge in [0.1, 0.15) is 24.1 Å². The quantitative estimate of drug-likeness (QED) is 0.433. The summed E-state index contributed by atoms with van der Waals surface area (Å²) in [5.41, 5.74) is 6.85. The molecule has 1 aliphatic rings. The molecule has 0 amide bonds. The van der Waals surface area contributed by atoms with E-state index in [0.717, 1.165) is 0 Å². The minimum atomic E-state index is -3.44. The molecular formula is C15H24N5O6PS. The standard InChI is InChI=1S/C15H24N5O6PS/c1-4-9-11(26-27(21,28)23-3)12(24-6-5-22-2)15(25-9)20-8-19-10-13(16)17-7-18-14(10)20/h7-9,11-12,15H,4-6H2,1-3H3,(H,21,28)(H2,16,17,18)/t9-,11?,12+,15-,27?/m1/s1. The first-order chi connectivity index (χ1) is 13.4. The summed E-state index contributed by atoms with van der Waals surface area (Å²) < 4.78 is 29.7. The second-order valence-electron chi connectivity index (χ2n) is 6.11. The molecule has 0 saturated carbocycles. The summed E-state index contributed by atoms with van der Waals surface area (Å²) in [5, 5.41) is 0. The monoisotopic (exact) mass is 433 g/mol. The van der Waals surface area contributed by atoms with E-state index in [1.54, 1.807) is 18.0 Å². The van der Waals surface area contributed by atoms with Crippen molar-refractivity contribution >= 4 is 35.5 Å². The van der Waals surface area contributed by atoms with Crippen molar-refractivity contribution in [2.24, 2.45) is 0 Å². The third-order valence-electron chi connectivity index (χ3n) is 4.43. The Kier molecular flexibility index (Phi) is 6.94. The minimum absolute atomic E-state index is 0.267. The van der Waals surface area contributed by atoms with Crippen LogP contribution < -0.4 is 5.73 Å². The molecule has 3 N–H and O–H groups in total. The maximum Gasteiger partial charge on any atom is 0.324 e. The van der Waals surface area contributed by atoms with Crippen molar-refractivity contribution in [1.29, 1.82) is 0 Å². The van der Waals surface area contributed by atoms with Crippen molar-refractivity contribution in [2.45, 2.75) is 37.9 Å². The molecule has 0 bridgehead atoms. The first-order valence-corrected chi connectivity index (χ1v) is 11.3. The van der Waals surface area contributed by atoms with E-state index in [-0.39, 0.29) is 11.9 Å². The molecule has 0 aromatic carbocycles. The van der Waals surface area contributed by atoms with E-state index in [9.17, 15) is 4.89 Å². The van der Waals surface area contributed by atoms with Gasteiger partial charge in [0.2, 0.25) is 0 Å². The van der Waals surface area contributed by atoms with Gasteiger partial charge in [0, 0.05) is 14.2 Å². The lowest BCUT2D eigenvalue weighted by Gasteiger charge is -2.27. The fourth-order valence-corrected chi connectivity index (χ4v) is 4.03. The van der Waals surface area contributed by atoms with E-state index >= 15 is 0 Å². The predicted octanol–water partition coefficient (Wildman–Crippen LogP) is 0.996. The Labute approximate surface area is 167 Å². The van der Waals surface area contributed by atoms with Crippen LogP contribution in [-0.2, 0) is 35.1 Å². The average Bonchev–Trinajstić information content (AvgIpc) is 3.24. The normalized spacial score (nSPS) is 27.3. The molecule has 1 aliphatic heterocycles. The highest BCUT2D eigenvalue weighted by Crippen LogP contribution is 2.49. The summed E-state index contributed by atoms with van der Waals surface area (Å²) in [5.74, 6) is 0.267. The van der Waals surface area contributed by atoms with Crippen molar-refractivity contribution < 1.29 is 28.2 Å². The van der Waals surface area contributed by atoms with Crippen molar-refractivity contribution in [1.82, 2.24) is 19.5 Å². The van der Waals surface area contributed by atoms with Crippen molar-refractivity contribution in [3.63, 3.8) is 0 Å². The summed E-state index contributed by atoms with van der Waals surface area (Å²) in [6, 6.07) is 0. The second kappa shape index (κ2) is 9.06. The van der Waals surface area contributed by atoms with Crippen LogP contribution in [0.2, 0.25) is 0 Å². The molecule has 28 heavy (non-hydrogen) atoms. The van der Waals surface area contributed by atoms with Crippen LogP contribution in [0, 0.1) is 0 Å². The highest BCUT2D eigenvalue weighted by atomic mass is 32.5. The summed E-state index contributed by atoms with van der Waals surface area (Å²) in [6.45, 7) is -0.824. The SMILES string of the molecule is CC[C@H]1O[C@@H](n2cnc3c(N)ncnc32)[C@@H](OCCOC)C1OP(O)(=S)OC. The maximum absolute atomic E-state index is 10.2. The molecule has 2 aromatic rings. The Morgan fingerprint density at radius 3 is 2.75 bits per heavy atom. The van der Waals surface area contributed by atoms with Crippen LogP contribution in [0.3, 0.4) is 0 Å². The number of hydrogen-bond donors (Lipinski definition) is 2. The van der Waals surface area contributed by atoms with Crippen LogP contribution in [0.25, 0.3) is 11.2 Å². The molecule has 3 rings (SSSR count). The number of imidazole rings is 1. The van der Waals surface area contributed by atoms with Crippen LogP contribution in [0.4, 0.5) is 5.82 Å². The number of aromatic nitrogens is 4. The highest BCUT2D eigenvalue weighted by Gasteiger charge is 2.49. The first kappa shape index (κ1) is 21.5. The topological polar surface area (TPSA) is 136 Å². The number of fused-ring (bicyclic) bond motifs is 1. The van der Waals surface area contributed by atoms with Gasteiger partial charge in [0.05, 0.1) is 25.6 Å². The molecule has 0 radical (unpaired) electrons. The van der Waals surface area contributed by atoms with Crippen LogP contribution in [0.15, 0.2) is 12.7 Å². The zero-order chi connectivity index (χ0) is 20.3. The minimum Gasteiger partial charge on any atom is -0.382 e. The fraction of sp³-hybridized carbons (Fsp3) is 0.667. The van der Waals surface area contributed by atoms with Gasteiger partial charge in [0.25, 0.3) is 0 Å². The first-order valence-electron chi connectivity index (χ1n) is 8.67. The lowest BCUT2D eigenvalue weighted by molar-refractivity contribution is -0.0753. The van der Waals surface area contributed by atoms with E-state index in [4.69, 9.17) is 40.8 Å². The molecule has 11 nitrogen and oxygen atoms in total. The van der Waals surface area contributed by atoms with E-state index < -0.39 is 25.2 Å². The van der Waals surface area contributed by atoms with Gasteiger partial charge >= 0.3 is 6.72 Å². The maximum atomic E-state index is 10.2. The molecular weight excluding hydrogens is 409 g/mol. The molecule has 0 spiro atoms. The Hall–Kier alpha value is -1.24. The lowest BCUT2D eigenvalue weighted by Crippen LogP contribution is -2.36. The number of nitrogens with two attached hydrogens (primary N) is 1. The molecule has 156 valence electrons. The molecule has 0 aliphatic carbocycles. The van der Waals surface area contributed by atoms with Gasteiger partial charge in [-0.2, -0.15) is 0 Å². The Balaban J connectivity index is 1.97. The van der Waals surface area contributed by atoms with Gasteiger partial charge in [-0.15, -0.1) is 0 Å². The van der Waals surface area contributed by atoms with Gasteiger partial charge in [-0.1, -0.05) is 6.92 Å². The Bertz CT molecular complexity index is 853. The Morgan fingerprint density at radius 2 is 2.07 bits per heavy atom. The van der Waals surface area contributed by atoms with Gasteiger partial charge in [0.15, 0.2) is 17.7 Å². The van der Waals surface area contributed by atoms with Crippen LogP contribution in [-0.4, -0.2) is 70.2 Å². The third kappa shape index (κ3) is 4.34. The van der Waals surface area contributed by atoms with Gasteiger partial charge in [-0.25, -0.2) is 15.0 Å². The molecule has 2 aromatic heterocycles. The molecule has 5 atom stereocenters. The summed E-state index contributed by atoms with van der Waals surface area (Å²) in [6.07, 6.45) is 1.24. The van der Waals surface area contributed by atoms with E-state index in [0.29, 0.717) is 30.8 Å². The van der Waals surface area contributed by atoms with Crippen molar-refractivity contribution in [2.75, 3.05) is 33.2 Å². The van der Waals surface area contributed by atoms with Crippen LogP contribution >= 0.6 is 6.72 Å². The van der Waals surface area contributed by atoms with E-state index in [1.165, 1.54) is 13.4 Å². The van der Waals surface area contributed by atoms with Gasteiger partial charge in [-0.05, 0) is 18.2 Å². The van der Waals surface area contributed by atoms with Gasteiger partial charge in [-0.3, -0.25) is 9.09 Å². The summed E-state index contributed by atoms with van der Waals surface area (Å²) in [4.78, 5) is 22.7. The fourth-order valence-electron chi connectivity index (χ4n) is 3.09. The summed E-state index contributed by atoms with van der Waals surface area (Å²) in [7, 11) is 2.88. The molecule has 13 heteroatoms. The zero-order valence-electron chi connectivity index (χ0n) is 15.8. The second-order valence-corrected chi connectivity index (χ2v) is 9.00. The number of ether oxygens (including phenoxy) is 3. The largest absolute Gasteiger partial charge is 0.382 e. The van der Waals surface area contributed by atoms with E-state index in [2.05, 4.69) is 15.0 Å². The number of nitrogens with zero attached hydrogens (tertiary/aromatic N) is 4. The Morgan fingerprint density at radius 1 is 1.29 bits per heavy atom. The van der Waals surface area contributed by atoms with Crippen molar-refractivity contribution in [3.8, 4) is 0 Å². The predicted molar refractivity (Wildman–Crippen MR) is 104 cm³/mol. The lowest BCUT2D eigenvalue weighted by atomic mass is 10.1.